The molecule has 2 aliphatic heterocycles. The van der Waals surface area contributed by atoms with Crippen molar-refractivity contribution in [1.82, 2.24) is 24.9 Å². The number of carbonyl (C=O) groups is 2. The molecule has 0 unspecified atom stereocenters. The molecular weight excluding hydrogens is 360 g/mol. The molecule has 2 amide bonds. The van der Waals surface area contributed by atoms with Gasteiger partial charge in [0.05, 0.1) is 11.9 Å². The van der Waals surface area contributed by atoms with E-state index in [0.29, 0.717) is 23.4 Å². The Kier molecular flexibility index (Phi) is 3.75. The number of rotatable bonds is 0. The number of hydrogen-bond donors (Lipinski definition) is 1. The quantitative estimate of drug-likeness (QED) is 0.641. The third-order valence-electron chi connectivity index (χ3n) is 5.10. The van der Waals surface area contributed by atoms with Crippen molar-refractivity contribution in [2.45, 2.75) is 31.8 Å². The molecule has 4 bridgehead atoms. The maximum atomic E-state index is 12.7. The van der Waals surface area contributed by atoms with Crippen molar-refractivity contribution < 1.29 is 14.3 Å². The summed E-state index contributed by atoms with van der Waals surface area (Å²) in [6, 6.07) is 7.04. The van der Waals surface area contributed by atoms with Gasteiger partial charge >= 0.3 is 6.09 Å². The highest BCUT2D eigenvalue weighted by atomic mass is 16.6. The van der Waals surface area contributed by atoms with Gasteiger partial charge in [-0.3, -0.25) is 9.78 Å². The first-order valence-corrected chi connectivity index (χ1v) is 9.17. The topological polar surface area (TPSA) is 102 Å². The zero-order valence-electron chi connectivity index (χ0n) is 15.2. The predicted molar refractivity (Wildman–Crippen MR) is 99.0 cm³/mol. The molecule has 0 saturated carbocycles. The lowest BCUT2D eigenvalue weighted by Crippen LogP contribution is -2.33. The summed E-state index contributed by atoms with van der Waals surface area (Å²) in [6.07, 6.45) is 4.13. The minimum Gasteiger partial charge on any atom is -0.446 e. The van der Waals surface area contributed by atoms with Crippen molar-refractivity contribution >= 4 is 23.5 Å². The Bertz CT molecular complexity index is 1090. The molecule has 3 aromatic heterocycles. The molecule has 2 aliphatic rings. The van der Waals surface area contributed by atoms with Crippen LogP contribution in [0.1, 0.15) is 41.1 Å². The standard InChI is InChI=1S/C19H18N6O3/c1-11-5-6-12-3-2-4-14(22-12)15-10-28-19(27)25(15)16-7-8-24-17(23-16)13(9-20-24)18(26)21-11/h2-4,7-9,11,15H,5-6,10H2,1H3,(H,21,26)/t11-,15-/m1/s1. The van der Waals surface area contributed by atoms with Crippen LogP contribution in [-0.2, 0) is 11.2 Å². The fourth-order valence-electron chi connectivity index (χ4n) is 3.61. The van der Waals surface area contributed by atoms with E-state index in [1.165, 1.54) is 15.6 Å². The zero-order chi connectivity index (χ0) is 19.3. The van der Waals surface area contributed by atoms with Crippen LogP contribution in [0.3, 0.4) is 0 Å². The monoisotopic (exact) mass is 378 g/mol. The predicted octanol–water partition coefficient (Wildman–Crippen LogP) is 1.89. The highest BCUT2D eigenvalue weighted by Crippen LogP contribution is 2.31. The number of cyclic esters (lactones) is 1. The molecule has 9 heteroatoms. The van der Waals surface area contributed by atoms with Crippen molar-refractivity contribution in [1.29, 1.82) is 0 Å². The van der Waals surface area contributed by atoms with Crippen molar-refractivity contribution in [2.24, 2.45) is 0 Å². The van der Waals surface area contributed by atoms with Crippen LogP contribution >= 0.6 is 0 Å². The second-order valence-corrected chi connectivity index (χ2v) is 7.04. The van der Waals surface area contributed by atoms with Gasteiger partial charge in [0.15, 0.2) is 5.65 Å². The maximum Gasteiger partial charge on any atom is 0.416 e. The molecule has 3 aromatic rings. The van der Waals surface area contributed by atoms with Crippen LogP contribution in [0.15, 0.2) is 36.7 Å². The number of nitrogens with one attached hydrogen (secondary N) is 1. The number of carbonyl (C=O) groups excluding carboxylic acids is 2. The lowest BCUT2D eigenvalue weighted by atomic mass is 10.1. The molecule has 0 radical (unpaired) electrons. The highest BCUT2D eigenvalue weighted by Gasteiger charge is 2.37. The van der Waals surface area contributed by atoms with Crippen LogP contribution in [0, 0.1) is 0 Å². The van der Waals surface area contributed by atoms with Gasteiger partial charge in [0.1, 0.15) is 24.0 Å². The van der Waals surface area contributed by atoms with Crippen LogP contribution in [-0.4, -0.2) is 44.2 Å². The van der Waals surface area contributed by atoms with Crippen LogP contribution < -0.4 is 10.2 Å². The molecule has 1 fully saturated rings. The first-order chi connectivity index (χ1) is 13.6. The second kappa shape index (κ2) is 6.29. The van der Waals surface area contributed by atoms with Gasteiger partial charge in [-0.1, -0.05) is 6.07 Å². The van der Waals surface area contributed by atoms with E-state index >= 15 is 0 Å². The molecular formula is C19H18N6O3. The number of nitrogens with zero attached hydrogens (tertiary/aromatic N) is 5. The van der Waals surface area contributed by atoms with Crippen molar-refractivity contribution in [3.63, 3.8) is 0 Å². The lowest BCUT2D eigenvalue weighted by molar-refractivity contribution is 0.0939. The Morgan fingerprint density at radius 3 is 3.00 bits per heavy atom. The summed E-state index contributed by atoms with van der Waals surface area (Å²) in [6.45, 7) is 2.16. The van der Waals surface area contributed by atoms with E-state index in [4.69, 9.17) is 9.72 Å². The summed E-state index contributed by atoms with van der Waals surface area (Å²) in [4.78, 5) is 35.9. The average Bonchev–Trinajstić information content (AvgIpc) is 3.29. The van der Waals surface area contributed by atoms with E-state index in [1.54, 1.807) is 12.3 Å². The van der Waals surface area contributed by atoms with Crippen molar-refractivity contribution in [3.8, 4) is 0 Å². The third kappa shape index (κ3) is 2.67. The Balaban J connectivity index is 1.69. The van der Waals surface area contributed by atoms with E-state index < -0.39 is 6.09 Å². The smallest absolute Gasteiger partial charge is 0.416 e. The van der Waals surface area contributed by atoms with Crippen molar-refractivity contribution in [2.75, 3.05) is 11.5 Å². The molecule has 28 heavy (non-hydrogen) atoms. The van der Waals surface area contributed by atoms with Gasteiger partial charge in [-0.05, 0) is 38.0 Å². The number of amides is 2. The van der Waals surface area contributed by atoms with Crippen LogP contribution in [0.4, 0.5) is 10.6 Å². The van der Waals surface area contributed by atoms with Crippen LogP contribution in [0.25, 0.3) is 5.65 Å². The van der Waals surface area contributed by atoms with Gasteiger partial charge in [0.2, 0.25) is 0 Å². The molecule has 0 aliphatic carbocycles. The lowest BCUT2D eigenvalue weighted by Gasteiger charge is -2.21. The maximum absolute atomic E-state index is 12.7. The molecule has 1 N–H and O–H groups in total. The zero-order valence-corrected chi connectivity index (χ0v) is 15.2. The van der Waals surface area contributed by atoms with Crippen LogP contribution in [0.5, 0.6) is 0 Å². The van der Waals surface area contributed by atoms with Gasteiger partial charge < -0.3 is 10.1 Å². The van der Waals surface area contributed by atoms with Crippen LogP contribution in [0.2, 0.25) is 0 Å². The minimum absolute atomic E-state index is 0.0353. The Morgan fingerprint density at radius 2 is 2.11 bits per heavy atom. The number of anilines is 1. The van der Waals surface area contributed by atoms with Gasteiger partial charge in [-0.2, -0.15) is 5.10 Å². The first kappa shape index (κ1) is 16.7. The van der Waals surface area contributed by atoms with E-state index in [2.05, 4.69) is 15.4 Å². The highest BCUT2D eigenvalue weighted by molar-refractivity contribution is 6.00. The molecule has 0 aromatic carbocycles. The molecule has 5 rings (SSSR count). The Labute approximate surface area is 160 Å². The summed E-state index contributed by atoms with van der Waals surface area (Å²) in [7, 11) is 0. The summed E-state index contributed by atoms with van der Waals surface area (Å²) in [5.74, 6) is 0.151. The molecule has 142 valence electrons. The average molecular weight is 378 g/mol. The van der Waals surface area contributed by atoms with Gasteiger partial charge in [-0.25, -0.2) is 19.2 Å². The summed E-state index contributed by atoms with van der Waals surface area (Å²) in [5, 5.41) is 7.19. The van der Waals surface area contributed by atoms with Gasteiger partial charge in [0.25, 0.3) is 5.91 Å². The molecule has 5 heterocycles. The molecule has 2 atom stereocenters. The number of ether oxygens (including phenoxy) is 1. The van der Waals surface area contributed by atoms with E-state index in [0.717, 1.165) is 17.8 Å². The summed E-state index contributed by atoms with van der Waals surface area (Å²) < 4.78 is 6.81. The molecule has 9 nitrogen and oxygen atoms in total. The number of hydrogen-bond acceptors (Lipinski definition) is 6. The number of pyridine rings is 1. The van der Waals surface area contributed by atoms with Gasteiger partial charge in [-0.15, -0.1) is 0 Å². The number of aryl methyl sites for hydroxylation is 1. The fourth-order valence-corrected chi connectivity index (χ4v) is 3.61. The SMILES string of the molecule is C[C@@H]1CCc2cccc(n2)[C@H]2COC(=O)N2c2ccn3ncc(c3n2)C(=O)N1. The second-order valence-electron chi connectivity index (χ2n) is 7.04. The minimum atomic E-state index is -0.486. The first-order valence-electron chi connectivity index (χ1n) is 9.17. The van der Waals surface area contributed by atoms with E-state index in [9.17, 15) is 9.59 Å². The molecule has 1 saturated heterocycles. The fraction of sp³-hybridized carbons (Fsp3) is 0.316. The largest absolute Gasteiger partial charge is 0.446 e. The number of aromatic nitrogens is 4. The van der Waals surface area contributed by atoms with E-state index in [1.807, 2.05) is 25.1 Å². The van der Waals surface area contributed by atoms with Crippen molar-refractivity contribution in [3.05, 3.63) is 53.6 Å². The summed E-state index contributed by atoms with van der Waals surface area (Å²) >= 11 is 0. The molecule has 0 spiro atoms. The third-order valence-corrected chi connectivity index (χ3v) is 5.10. The van der Waals surface area contributed by atoms with E-state index in [-0.39, 0.29) is 24.6 Å². The van der Waals surface area contributed by atoms with Gasteiger partial charge in [0, 0.05) is 17.9 Å². The number of fused-ring (bicyclic) bond motifs is 6. The summed E-state index contributed by atoms with van der Waals surface area (Å²) in [5.41, 5.74) is 2.42. The Hall–Kier alpha value is -3.49. The Morgan fingerprint density at radius 1 is 1.21 bits per heavy atom. The normalized spacial score (nSPS) is 22.0.